The smallest absolute Gasteiger partial charge is 0.203 e. The molecule has 0 unspecified atom stereocenters. The average molecular weight is 312 g/mol. The van der Waals surface area contributed by atoms with Crippen LogP contribution in [0.1, 0.15) is 21.5 Å². The molecule has 0 amide bonds. The van der Waals surface area contributed by atoms with Gasteiger partial charge in [0, 0.05) is 11.1 Å². The molecule has 0 atom stereocenters. The van der Waals surface area contributed by atoms with Crippen LogP contribution in [0.25, 0.3) is 6.08 Å². The summed E-state index contributed by atoms with van der Waals surface area (Å²) in [5, 5.41) is 0. The van der Waals surface area contributed by atoms with Crippen molar-refractivity contribution in [3.63, 3.8) is 0 Å². The van der Waals surface area contributed by atoms with Crippen LogP contribution >= 0.6 is 0 Å². The molecule has 0 saturated carbocycles. The molecule has 0 aliphatic carbocycles. The molecule has 0 N–H and O–H groups in total. The number of allylic oxidation sites excluding steroid dienone is 1. The van der Waals surface area contributed by atoms with E-state index in [9.17, 15) is 4.79 Å². The number of benzene rings is 2. The summed E-state index contributed by atoms with van der Waals surface area (Å²) in [5.41, 5.74) is 2.37. The lowest BCUT2D eigenvalue weighted by Crippen LogP contribution is -1.98. The Morgan fingerprint density at radius 2 is 1.61 bits per heavy atom. The Kier molecular flexibility index (Phi) is 5.41. The molecule has 0 radical (unpaired) electrons. The molecule has 120 valence electrons. The van der Waals surface area contributed by atoms with Crippen molar-refractivity contribution >= 4 is 11.9 Å². The van der Waals surface area contributed by atoms with Gasteiger partial charge in [-0.1, -0.05) is 24.3 Å². The van der Waals surface area contributed by atoms with E-state index in [0.29, 0.717) is 22.8 Å². The lowest BCUT2D eigenvalue weighted by molar-refractivity contribution is 0.104. The van der Waals surface area contributed by atoms with Crippen LogP contribution < -0.4 is 14.2 Å². The van der Waals surface area contributed by atoms with Crippen molar-refractivity contribution < 1.29 is 19.0 Å². The normalized spacial score (nSPS) is 10.6. The number of rotatable bonds is 6. The highest BCUT2D eigenvalue weighted by Crippen LogP contribution is 2.40. The van der Waals surface area contributed by atoms with Gasteiger partial charge in [0.05, 0.1) is 21.3 Å². The largest absolute Gasteiger partial charge is 0.493 e. The minimum absolute atomic E-state index is 0.0556. The van der Waals surface area contributed by atoms with Gasteiger partial charge < -0.3 is 14.2 Å². The molecule has 2 rings (SSSR count). The minimum Gasteiger partial charge on any atom is -0.493 e. The molecule has 2 aromatic rings. The first-order chi connectivity index (χ1) is 11.1. The molecule has 23 heavy (non-hydrogen) atoms. The van der Waals surface area contributed by atoms with Crippen LogP contribution in [0.5, 0.6) is 17.2 Å². The summed E-state index contributed by atoms with van der Waals surface area (Å²) >= 11 is 0. The van der Waals surface area contributed by atoms with Gasteiger partial charge in [-0.25, -0.2) is 0 Å². The van der Waals surface area contributed by atoms with Crippen molar-refractivity contribution in [2.24, 2.45) is 0 Å². The van der Waals surface area contributed by atoms with E-state index in [2.05, 4.69) is 0 Å². The number of carbonyl (C=O) groups is 1. The van der Waals surface area contributed by atoms with Crippen LogP contribution in [0.3, 0.4) is 0 Å². The van der Waals surface area contributed by atoms with Crippen LogP contribution in [-0.4, -0.2) is 27.1 Å². The van der Waals surface area contributed by atoms with Gasteiger partial charge in [0.15, 0.2) is 17.3 Å². The third-order valence-electron chi connectivity index (χ3n) is 3.56. The molecule has 0 heterocycles. The second kappa shape index (κ2) is 7.49. The van der Waals surface area contributed by atoms with Crippen LogP contribution in [0.2, 0.25) is 0 Å². The number of hydrogen-bond donors (Lipinski definition) is 0. The fraction of sp³-hybridized carbons (Fsp3) is 0.211. The molecule has 0 spiro atoms. The first-order valence-electron chi connectivity index (χ1n) is 7.19. The highest BCUT2D eigenvalue weighted by Gasteiger charge is 2.14. The van der Waals surface area contributed by atoms with Crippen molar-refractivity contribution in [3.8, 4) is 17.2 Å². The Balaban J connectivity index is 2.36. The van der Waals surface area contributed by atoms with Gasteiger partial charge in [0.25, 0.3) is 0 Å². The van der Waals surface area contributed by atoms with Crippen molar-refractivity contribution in [2.45, 2.75) is 6.92 Å². The molecule has 0 aliphatic rings. The van der Waals surface area contributed by atoms with E-state index < -0.39 is 0 Å². The van der Waals surface area contributed by atoms with Crippen LogP contribution in [0.15, 0.2) is 42.5 Å². The third kappa shape index (κ3) is 3.54. The summed E-state index contributed by atoms with van der Waals surface area (Å²) in [6, 6.07) is 11.1. The molecule has 2 aromatic carbocycles. The number of methoxy groups -OCH3 is 3. The fourth-order valence-electron chi connectivity index (χ4n) is 2.36. The number of aryl methyl sites for hydroxylation is 1. The summed E-state index contributed by atoms with van der Waals surface area (Å²) in [6.07, 6.45) is 3.25. The van der Waals surface area contributed by atoms with Gasteiger partial charge in [-0.05, 0) is 36.8 Å². The van der Waals surface area contributed by atoms with E-state index in [1.807, 2.05) is 37.3 Å². The molecular weight excluding hydrogens is 292 g/mol. The number of ketones is 1. The van der Waals surface area contributed by atoms with E-state index in [4.69, 9.17) is 14.2 Å². The van der Waals surface area contributed by atoms with Crippen molar-refractivity contribution in [1.82, 2.24) is 0 Å². The number of hydrogen-bond acceptors (Lipinski definition) is 4. The van der Waals surface area contributed by atoms with E-state index in [-0.39, 0.29) is 5.78 Å². The first kappa shape index (κ1) is 16.6. The van der Waals surface area contributed by atoms with Gasteiger partial charge in [-0.2, -0.15) is 0 Å². The van der Waals surface area contributed by atoms with Crippen molar-refractivity contribution in [2.75, 3.05) is 21.3 Å². The second-order valence-electron chi connectivity index (χ2n) is 4.94. The second-order valence-corrected chi connectivity index (χ2v) is 4.94. The van der Waals surface area contributed by atoms with Crippen molar-refractivity contribution in [1.29, 1.82) is 0 Å². The van der Waals surface area contributed by atoms with E-state index >= 15 is 0 Å². The maximum atomic E-state index is 12.3. The van der Waals surface area contributed by atoms with Gasteiger partial charge in [-0.3, -0.25) is 4.79 Å². The molecule has 0 fully saturated rings. The zero-order valence-corrected chi connectivity index (χ0v) is 13.8. The van der Waals surface area contributed by atoms with E-state index in [1.54, 1.807) is 33.5 Å². The lowest BCUT2D eigenvalue weighted by Gasteiger charge is -2.13. The SMILES string of the molecule is COc1ccc(C=CC(=O)c2ccccc2C)c(OC)c1OC. The molecule has 0 aliphatic heterocycles. The topological polar surface area (TPSA) is 44.8 Å². The van der Waals surface area contributed by atoms with Crippen molar-refractivity contribution in [3.05, 3.63) is 59.2 Å². The standard InChI is InChI=1S/C19H20O4/c1-13-7-5-6-8-15(13)16(20)11-9-14-10-12-17(21-2)19(23-4)18(14)22-3/h5-12H,1-4H3. The zero-order valence-electron chi connectivity index (χ0n) is 13.8. The molecule has 0 bridgehead atoms. The Labute approximate surface area is 136 Å². The average Bonchev–Trinajstić information content (AvgIpc) is 2.58. The summed E-state index contributed by atoms with van der Waals surface area (Å²) in [5.74, 6) is 1.55. The maximum Gasteiger partial charge on any atom is 0.203 e. The fourth-order valence-corrected chi connectivity index (χ4v) is 2.36. The first-order valence-corrected chi connectivity index (χ1v) is 7.19. The monoisotopic (exact) mass is 312 g/mol. The predicted octanol–water partition coefficient (Wildman–Crippen LogP) is 3.92. The Bertz CT molecular complexity index is 732. The molecule has 0 saturated heterocycles. The van der Waals surface area contributed by atoms with E-state index in [0.717, 1.165) is 11.1 Å². The third-order valence-corrected chi connectivity index (χ3v) is 3.56. The molecular formula is C19H20O4. The summed E-state index contributed by atoms with van der Waals surface area (Å²) in [4.78, 5) is 12.3. The van der Waals surface area contributed by atoms with Crippen LogP contribution in [-0.2, 0) is 0 Å². The zero-order chi connectivity index (χ0) is 16.8. The van der Waals surface area contributed by atoms with Gasteiger partial charge in [-0.15, -0.1) is 0 Å². The van der Waals surface area contributed by atoms with Gasteiger partial charge in [0.1, 0.15) is 0 Å². The Hall–Kier alpha value is -2.75. The maximum absolute atomic E-state index is 12.3. The van der Waals surface area contributed by atoms with E-state index in [1.165, 1.54) is 6.08 Å². The lowest BCUT2D eigenvalue weighted by atomic mass is 10.0. The molecule has 4 nitrogen and oxygen atoms in total. The van der Waals surface area contributed by atoms with Gasteiger partial charge in [0.2, 0.25) is 5.75 Å². The quantitative estimate of drug-likeness (QED) is 0.599. The molecule has 0 aromatic heterocycles. The predicted molar refractivity (Wildman–Crippen MR) is 90.6 cm³/mol. The highest BCUT2D eigenvalue weighted by molar-refractivity contribution is 6.07. The summed E-state index contributed by atoms with van der Waals surface area (Å²) in [7, 11) is 4.67. The number of ether oxygens (including phenoxy) is 3. The highest BCUT2D eigenvalue weighted by atomic mass is 16.5. The van der Waals surface area contributed by atoms with Crippen LogP contribution in [0.4, 0.5) is 0 Å². The summed E-state index contributed by atoms with van der Waals surface area (Å²) in [6.45, 7) is 1.91. The van der Waals surface area contributed by atoms with Gasteiger partial charge >= 0.3 is 0 Å². The molecule has 4 heteroatoms. The Morgan fingerprint density at radius 1 is 0.913 bits per heavy atom. The minimum atomic E-state index is -0.0556. The summed E-state index contributed by atoms with van der Waals surface area (Å²) < 4.78 is 16.0. The van der Waals surface area contributed by atoms with Crippen LogP contribution in [0, 0.1) is 6.92 Å². The number of carbonyl (C=O) groups excluding carboxylic acids is 1. The Morgan fingerprint density at radius 3 is 2.22 bits per heavy atom.